The standard InChI is InChI=1S/C16H20N4O3/c1-12-14(23-11-19-12)15(21)18-9-16(22)6-4-8-20(10-16)13-5-2-3-7-17-13/h2-3,5,7,11,22H,4,6,8-10H2,1H3,(H,18,21)/t16-/m0/s1. The van der Waals surface area contributed by atoms with Gasteiger partial charge in [0.05, 0.1) is 11.3 Å². The van der Waals surface area contributed by atoms with E-state index in [2.05, 4.69) is 15.3 Å². The van der Waals surface area contributed by atoms with Crippen LogP contribution in [-0.4, -0.2) is 46.2 Å². The number of rotatable bonds is 4. The number of aromatic nitrogens is 2. The number of hydrogen-bond acceptors (Lipinski definition) is 6. The summed E-state index contributed by atoms with van der Waals surface area (Å²) in [6.07, 6.45) is 4.44. The van der Waals surface area contributed by atoms with Crippen molar-refractivity contribution in [2.24, 2.45) is 0 Å². The largest absolute Gasteiger partial charge is 0.438 e. The molecule has 3 rings (SSSR count). The predicted octanol–water partition coefficient (Wildman–Crippen LogP) is 1.14. The van der Waals surface area contributed by atoms with Gasteiger partial charge in [0.25, 0.3) is 5.91 Å². The van der Waals surface area contributed by atoms with Gasteiger partial charge in [-0.15, -0.1) is 0 Å². The van der Waals surface area contributed by atoms with E-state index in [9.17, 15) is 9.90 Å². The van der Waals surface area contributed by atoms with E-state index in [0.29, 0.717) is 18.7 Å². The first kappa shape index (κ1) is 15.5. The van der Waals surface area contributed by atoms with Crippen LogP contribution >= 0.6 is 0 Å². The van der Waals surface area contributed by atoms with Crippen LogP contribution in [0.2, 0.25) is 0 Å². The highest BCUT2D eigenvalue weighted by molar-refractivity contribution is 5.92. The molecule has 7 heteroatoms. The lowest BCUT2D eigenvalue weighted by molar-refractivity contribution is 0.0251. The third kappa shape index (κ3) is 3.50. The van der Waals surface area contributed by atoms with Gasteiger partial charge in [0.2, 0.25) is 5.76 Å². The number of hydrogen-bond donors (Lipinski definition) is 2. The number of anilines is 1. The highest BCUT2D eigenvalue weighted by atomic mass is 16.3. The normalized spacial score (nSPS) is 21.2. The molecule has 0 aromatic carbocycles. The fourth-order valence-corrected chi connectivity index (χ4v) is 2.84. The molecule has 1 amide bonds. The van der Waals surface area contributed by atoms with Crippen LogP contribution in [0.4, 0.5) is 5.82 Å². The first-order valence-corrected chi connectivity index (χ1v) is 7.64. The van der Waals surface area contributed by atoms with Crippen molar-refractivity contribution in [1.29, 1.82) is 0 Å². The first-order valence-electron chi connectivity index (χ1n) is 7.64. The molecule has 23 heavy (non-hydrogen) atoms. The number of nitrogens with one attached hydrogen (secondary N) is 1. The highest BCUT2D eigenvalue weighted by Gasteiger charge is 2.34. The summed E-state index contributed by atoms with van der Waals surface area (Å²) >= 11 is 0. The summed E-state index contributed by atoms with van der Waals surface area (Å²) in [5.74, 6) is 0.664. The molecule has 122 valence electrons. The summed E-state index contributed by atoms with van der Waals surface area (Å²) < 4.78 is 5.06. The summed E-state index contributed by atoms with van der Waals surface area (Å²) in [5, 5.41) is 13.5. The Hall–Kier alpha value is -2.41. The molecule has 1 atom stereocenters. The van der Waals surface area contributed by atoms with Crippen molar-refractivity contribution < 1.29 is 14.3 Å². The Morgan fingerprint density at radius 1 is 1.48 bits per heavy atom. The van der Waals surface area contributed by atoms with E-state index >= 15 is 0 Å². The number of aliphatic hydroxyl groups is 1. The Bertz CT molecular complexity index is 673. The number of oxazole rings is 1. The molecule has 7 nitrogen and oxygen atoms in total. The minimum Gasteiger partial charge on any atom is -0.438 e. The molecule has 0 radical (unpaired) electrons. The molecule has 0 unspecified atom stereocenters. The number of piperidine rings is 1. The molecular weight excluding hydrogens is 296 g/mol. The van der Waals surface area contributed by atoms with E-state index in [1.807, 2.05) is 23.1 Å². The van der Waals surface area contributed by atoms with Gasteiger partial charge in [0, 0.05) is 25.8 Å². The van der Waals surface area contributed by atoms with Crippen LogP contribution < -0.4 is 10.2 Å². The van der Waals surface area contributed by atoms with E-state index in [1.54, 1.807) is 13.1 Å². The molecule has 2 aromatic rings. The van der Waals surface area contributed by atoms with Gasteiger partial charge in [-0.2, -0.15) is 0 Å². The second-order valence-corrected chi connectivity index (χ2v) is 5.89. The van der Waals surface area contributed by atoms with E-state index < -0.39 is 5.60 Å². The zero-order valence-electron chi connectivity index (χ0n) is 13.0. The number of pyridine rings is 1. The zero-order valence-corrected chi connectivity index (χ0v) is 13.0. The molecule has 0 aliphatic carbocycles. The molecule has 2 aromatic heterocycles. The number of nitrogens with zero attached hydrogens (tertiary/aromatic N) is 3. The summed E-state index contributed by atoms with van der Waals surface area (Å²) in [7, 11) is 0. The number of β-amino-alcohol motifs (C(OH)–C–C–N with tert-alkyl or cyclic N) is 1. The summed E-state index contributed by atoms with van der Waals surface area (Å²) in [5.41, 5.74) is -0.451. The van der Waals surface area contributed by atoms with Crippen molar-refractivity contribution >= 4 is 11.7 Å². The van der Waals surface area contributed by atoms with E-state index in [1.165, 1.54) is 6.39 Å². The quantitative estimate of drug-likeness (QED) is 0.879. The van der Waals surface area contributed by atoms with Crippen molar-refractivity contribution in [1.82, 2.24) is 15.3 Å². The molecule has 0 saturated carbocycles. The van der Waals surface area contributed by atoms with Crippen molar-refractivity contribution in [2.45, 2.75) is 25.4 Å². The second-order valence-electron chi connectivity index (χ2n) is 5.89. The monoisotopic (exact) mass is 316 g/mol. The highest BCUT2D eigenvalue weighted by Crippen LogP contribution is 2.24. The van der Waals surface area contributed by atoms with Crippen LogP contribution in [0.15, 0.2) is 35.2 Å². The summed E-state index contributed by atoms with van der Waals surface area (Å²) in [4.78, 5) is 22.3. The SMILES string of the molecule is Cc1ncoc1C(=O)NC[C@@]1(O)CCCN(c2ccccn2)C1. The van der Waals surface area contributed by atoms with Crippen LogP contribution in [0.5, 0.6) is 0 Å². The van der Waals surface area contributed by atoms with Crippen molar-refractivity contribution in [3.8, 4) is 0 Å². The molecule has 3 heterocycles. The predicted molar refractivity (Wildman–Crippen MR) is 84.2 cm³/mol. The fraction of sp³-hybridized carbons (Fsp3) is 0.438. The Kier molecular flexibility index (Phi) is 4.29. The van der Waals surface area contributed by atoms with Crippen molar-refractivity contribution in [3.05, 3.63) is 42.2 Å². The van der Waals surface area contributed by atoms with Gasteiger partial charge in [0.15, 0.2) is 6.39 Å². The van der Waals surface area contributed by atoms with Gasteiger partial charge in [-0.05, 0) is 31.9 Å². The fourth-order valence-electron chi connectivity index (χ4n) is 2.84. The molecule has 0 bridgehead atoms. The average Bonchev–Trinajstić information content (AvgIpc) is 3.00. The van der Waals surface area contributed by atoms with Crippen molar-refractivity contribution in [2.75, 3.05) is 24.5 Å². The van der Waals surface area contributed by atoms with Crippen LogP contribution in [0, 0.1) is 6.92 Å². The molecule has 1 aliphatic heterocycles. The minimum atomic E-state index is -0.987. The maximum absolute atomic E-state index is 12.1. The zero-order chi connectivity index (χ0) is 16.3. The average molecular weight is 316 g/mol. The third-order valence-electron chi connectivity index (χ3n) is 4.06. The van der Waals surface area contributed by atoms with Crippen molar-refractivity contribution in [3.63, 3.8) is 0 Å². The van der Waals surface area contributed by atoms with Crippen LogP contribution in [0.25, 0.3) is 0 Å². The third-order valence-corrected chi connectivity index (χ3v) is 4.06. The lowest BCUT2D eigenvalue weighted by atomic mass is 9.92. The summed E-state index contributed by atoms with van der Waals surface area (Å²) in [6.45, 7) is 3.14. The molecule has 0 spiro atoms. The molecule has 1 fully saturated rings. The smallest absolute Gasteiger partial charge is 0.289 e. The number of amides is 1. The molecule has 1 aliphatic rings. The maximum atomic E-state index is 12.1. The number of aryl methyl sites for hydroxylation is 1. The van der Waals surface area contributed by atoms with Gasteiger partial charge in [-0.3, -0.25) is 4.79 Å². The number of carbonyl (C=O) groups excluding carboxylic acids is 1. The maximum Gasteiger partial charge on any atom is 0.289 e. The Labute approximate surface area is 134 Å². The molecular formula is C16H20N4O3. The minimum absolute atomic E-state index is 0.162. The van der Waals surface area contributed by atoms with Gasteiger partial charge < -0.3 is 19.7 Å². The van der Waals surface area contributed by atoms with Gasteiger partial charge in [0.1, 0.15) is 5.82 Å². The van der Waals surface area contributed by atoms with Crippen LogP contribution in [0.1, 0.15) is 29.1 Å². The van der Waals surface area contributed by atoms with E-state index in [0.717, 1.165) is 18.8 Å². The van der Waals surface area contributed by atoms with Gasteiger partial charge in [-0.25, -0.2) is 9.97 Å². The number of carbonyl (C=O) groups is 1. The lowest BCUT2D eigenvalue weighted by Crippen LogP contribution is -2.54. The Balaban J connectivity index is 1.62. The summed E-state index contributed by atoms with van der Waals surface area (Å²) in [6, 6.07) is 5.70. The van der Waals surface area contributed by atoms with E-state index in [4.69, 9.17) is 4.42 Å². The van der Waals surface area contributed by atoms with Gasteiger partial charge >= 0.3 is 0 Å². The first-order chi connectivity index (χ1) is 11.1. The van der Waals surface area contributed by atoms with Crippen LogP contribution in [0.3, 0.4) is 0 Å². The lowest BCUT2D eigenvalue weighted by Gasteiger charge is -2.39. The van der Waals surface area contributed by atoms with E-state index in [-0.39, 0.29) is 18.2 Å². The Morgan fingerprint density at radius 2 is 2.35 bits per heavy atom. The van der Waals surface area contributed by atoms with Gasteiger partial charge in [-0.1, -0.05) is 6.07 Å². The molecule has 2 N–H and O–H groups in total. The van der Waals surface area contributed by atoms with Crippen LogP contribution in [-0.2, 0) is 0 Å². The Morgan fingerprint density at radius 3 is 3.04 bits per heavy atom. The molecule has 1 saturated heterocycles. The topological polar surface area (TPSA) is 91.5 Å². The second kappa shape index (κ2) is 6.37.